The highest BCUT2D eigenvalue weighted by atomic mass is 32.1. The van der Waals surface area contributed by atoms with Gasteiger partial charge in [0.15, 0.2) is 0 Å². The lowest BCUT2D eigenvalue weighted by molar-refractivity contribution is -0.0376. The van der Waals surface area contributed by atoms with Crippen LogP contribution in [0.5, 0.6) is 0 Å². The number of aryl methyl sites for hydroxylation is 1. The standard InChI is InChI=1S/C10H16N2OS/c1-7-6-14-10(12-7)5-13-9-2-8(3-9)4-11/h6,8-9H,2-5,11H2,1H3. The SMILES string of the molecule is Cc1csc(COC2CC(CN)C2)n1. The van der Waals surface area contributed by atoms with Gasteiger partial charge in [0, 0.05) is 11.1 Å². The maximum atomic E-state index is 5.70. The molecule has 4 heteroatoms. The molecule has 1 aliphatic carbocycles. The Kier molecular flexibility index (Phi) is 3.15. The fourth-order valence-electron chi connectivity index (χ4n) is 1.66. The smallest absolute Gasteiger partial charge is 0.119 e. The highest BCUT2D eigenvalue weighted by molar-refractivity contribution is 7.09. The van der Waals surface area contributed by atoms with Crippen molar-refractivity contribution >= 4 is 11.3 Å². The number of aromatic nitrogens is 1. The Morgan fingerprint density at radius 2 is 2.43 bits per heavy atom. The zero-order chi connectivity index (χ0) is 9.97. The number of nitrogens with two attached hydrogens (primary N) is 1. The van der Waals surface area contributed by atoms with Gasteiger partial charge in [-0.15, -0.1) is 11.3 Å². The summed E-state index contributed by atoms with van der Waals surface area (Å²) >= 11 is 1.67. The van der Waals surface area contributed by atoms with Crippen molar-refractivity contribution in [2.24, 2.45) is 11.7 Å². The lowest BCUT2D eigenvalue weighted by atomic mass is 9.82. The van der Waals surface area contributed by atoms with Crippen LogP contribution >= 0.6 is 11.3 Å². The average Bonchev–Trinajstić information content (AvgIpc) is 2.49. The van der Waals surface area contributed by atoms with Gasteiger partial charge in [-0.1, -0.05) is 0 Å². The lowest BCUT2D eigenvalue weighted by Gasteiger charge is -2.33. The third-order valence-corrected chi connectivity index (χ3v) is 3.58. The monoisotopic (exact) mass is 212 g/mol. The fraction of sp³-hybridized carbons (Fsp3) is 0.700. The molecule has 1 aromatic rings. The molecule has 0 unspecified atom stereocenters. The van der Waals surface area contributed by atoms with E-state index in [0.717, 1.165) is 30.1 Å². The quantitative estimate of drug-likeness (QED) is 0.826. The molecular weight excluding hydrogens is 196 g/mol. The molecule has 2 N–H and O–H groups in total. The number of hydrogen-bond acceptors (Lipinski definition) is 4. The summed E-state index contributed by atoms with van der Waals surface area (Å²) in [6, 6.07) is 0. The van der Waals surface area contributed by atoms with Crippen LogP contribution in [-0.2, 0) is 11.3 Å². The summed E-state index contributed by atoms with van der Waals surface area (Å²) in [5.41, 5.74) is 6.63. The third kappa shape index (κ3) is 2.32. The molecule has 2 rings (SSSR count). The summed E-state index contributed by atoms with van der Waals surface area (Å²) in [6.45, 7) is 3.48. The van der Waals surface area contributed by atoms with E-state index in [2.05, 4.69) is 10.4 Å². The average molecular weight is 212 g/mol. The summed E-state index contributed by atoms with van der Waals surface area (Å²) in [5, 5.41) is 3.14. The van der Waals surface area contributed by atoms with Gasteiger partial charge in [-0.3, -0.25) is 0 Å². The van der Waals surface area contributed by atoms with E-state index in [1.165, 1.54) is 0 Å². The summed E-state index contributed by atoms with van der Waals surface area (Å²) in [6.07, 6.45) is 2.68. The predicted molar refractivity (Wildman–Crippen MR) is 57.2 cm³/mol. The first kappa shape index (κ1) is 10.1. The second-order valence-electron chi connectivity index (χ2n) is 3.89. The van der Waals surface area contributed by atoms with Crippen LogP contribution in [0.25, 0.3) is 0 Å². The Labute approximate surface area is 88.3 Å². The Morgan fingerprint density at radius 3 is 3.00 bits per heavy atom. The van der Waals surface area contributed by atoms with Crippen molar-refractivity contribution < 1.29 is 4.74 Å². The lowest BCUT2D eigenvalue weighted by Crippen LogP contribution is -2.35. The highest BCUT2D eigenvalue weighted by Crippen LogP contribution is 2.29. The van der Waals surface area contributed by atoms with Crippen molar-refractivity contribution in [3.63, 3.8) is 0 Å². The van der Waals surface area contributed by atoms with E-state index < -0.39 is 0 Å². The number of thiazole rings is 1. The van der Waals surface area contributed by atoms with E-state index in [9.17, 15) is 0 Å². The van der Waals surface area contributed by atoms with Crippen molar-refractivity contribution in [1.29, 1.82) is 0 Å². The summed E-state index contributed by atoms with van der Waals surface area (Å²) in [7, 11) is 0. The third-order valence-electron chi connectivity index (χ3n) is 2.63. The van der Waals surface area contributed by atoms with Crippen LogP contribution in [0.2, 0.25) is 0 Å². The predicted octanol–water partition coefficient (Wildman–Crippen LogP) is 1.71. The van der Waals surface area contributed by atoms with Gasteiger partial charge in [0.25, 0.3) is 0 Å². The zero-order valence-electron chi connectivity index (χ0n) is 8.40. The van der Waals surface area contributed by atoms with Gasteiger partial charge >= 0.3 is 0 Å². The van der Waals surface area contributed by atoms with Gasteiger partial charge in [0.2, 0.25) is 0 Å². The largest absolute Gasteiger partial charge is 0.371 e. The zero-order valence-corrected chi connectivity index (χ0v) is 9.22. The van der Waals surface area contributed by atoms with Crippen LogP contribution in [-0.4, -0.2) is 17.6 Å². The molecule has 0 amide bonds. The Bertz CT molecular complexity index is 294. The van der Waals surface area contributed by atoms with Gasteiger partial charge in [-0.2, -0.15) is 0 Å². The van der Waals surface area contributed by atoms with Crippen molar-refractivity contribution in [2.45, 2.75) is 32.5 Å². The minimum atomic E-state index is 0.424. The molecule has 0 aromatic carbocycles. The number of rotatable bonds is 4. The molecule has 0 radical (unpaired) electrons. The molecule has 0 saturated heterocycles. The van der Waals surface area contributed by atoms with Gasteiger partial charge < -0.3 is 10.5 Å². The second-order valence-corrected chi connectivity index (χ2v) is 4.83. The molecule has 0 aliphatic heterocycles. The van der Waals surface area contributed by atoms with Gasteiger partial charge in [-0.05, 0) is 32.2 Å². The molecule has 1 aliphatic rings. The number of hydrogen-bond donors (Lipinski definition) is 1. The van der Waals surface area contributed by atoms with Crippen LogP contribution in [0.15, 0.2) is 5.38 Å². The molecule has 3 nitrogen and oxygen atoms in total. The Morgan fingerprint density at radius 1 is 1.64 bits per heavy atom. The van der Waals surface area contributed by atoms with E-state index in [1.807, 2.05) is 6.92 Å². The summed E-state index contributed by atoms with van der Waals surface area (Å²) < 4.78 is 5.70. The van der Waals surface area contributed by atoms with Crippen LogP contribution < -0.4 is 5.73 Å². The first-order valence-corrected chi connectivity index (χ1v) is 5.88. The van der Waals surface area contributed by atoms with E-state index in [1.54, 1.807) is 11.3 Å². The Balaban J connectivity index is 1.69. The highest BCUT2D eigenvalue weighted by Gasteiger charge is 2.28. The maximum Gasteiger partial charge on any atom is 0.119 e. The van der Waals surface area contributed by atoms with Crippen LogP contribution in [0.4, 0.5) is 0 Å². The summed E-state index contributed by atoms with van der Waals surface area (Å²) in [5.74, 6) is 0.693. The van der Waals surface area contributed by atoms with Crippen LogP contribution in [0, 0.1) is 12.8 Å². The van der Waals surface area contributed by atoms with E-state index in [0.29, 0.717) is 18.6 Å². The van der Waals surface area contributed by atoms with Gasteiger partial charge in [0.1, 0.15) is 5.01 Å². The van der Waals surface area contributed by atoms with Crippen molar-refractivity contribution in [2.75, 3.05) is 6.54 Å². The normalized spacial score (nSPS) is 26.1. The first-order valence-electron chi connectivity index (χ1n) is 5.00. The Hall–Kier alpha value is -0.450. The molecular formula is C10H16N2OS. The maximum absolute atomic E-state index is 5.70. The molecule has 14 heavy (non-hydrogen) atoms. The van der Waals surface area contributed by atoms with E-state index >= 15 is 0 Å². The molecule has 1 aromatic heterocycles. The van der Waals surface area contributed by atoms with Crippen LogP contribution in [0.3, 0.4) is 0 Å². The number of nitrogens with zero attached hydrogens (tertiary/aromatic N) is 1. The first-order chi connectivity index (χ1) is 6.78. The fourth-order valence-corrected chi connectivity index (χ4v) is 2.35. The molecule has 0 atom stereocenters. The minimum Gasteiger partial charge on any atom is -0.371 e. The van der Waals surface area contributed by atoms with Gasteiger partial charge in [-0.25, -0.2) is 4.98 Å². The summed E-state index contributed by atoms with van der Waals surface area (Å²) in [4.78, 5) is 4.35. The molecule has 78 valence electrons. The van der Waals surface area contributed by atoms with Crippen molar-refractivity contribution in [1.82, 2.24) is 4.98 Å². The van der Waals surface area contributed by atoms with Gasteiger partial charge in [0.05, 0.1) is 12.7 Å². The number of ether oxygens (including phenoxy) is 1. The molecule has 1 heterocycles. The molecule has 0 spiro atoms. The topological polar surface area (TPSA) is 48.1 Å². The minimum absolute atomic E-state index is 0.424. The molecule has 0 bridgehead atoms. The van der Waals surface area contributed by atoms with Crippen molar-refractivity contribution in [3.8, 4) is 0 Å². The van der Waals surface area contributed by atoms with Crippen LogP contribution in [0.1, 0.15) is 23.5 Å². The van der Waals surface area contributed by atoms with Crippen molar-refractivity contribution in [3.05, 3.63) is 16.1 Å². The molecule has 1 fully saturated rings. The van der Waals surface area contributed by atoms with E-state index in [-0.39, 0.29) is 0 Å². The molecule has 1 saturated carbocycles. The van der Waals surface area contributed by atoms with E-state index in [4.69, 9.17) is 10.5 Å². The second kappa shape index (κ2) is 4.38.